The summed E-state index contributed by atoms with van der Waals surface area (Å²) >= 11 is 0. The molecule has 0 aromatic carbocycles. The van der Waals surface area contributed by atoms with Crippen molar-refractivity contribution < 1.29 is 14.7 Å². The van der Waals surface area contributed by atoms with Crippen LogP contribution in [-0.2, 0) is 4.79 Å². The van der Waals surface area contributed by atoms with Crippen molar-refractivity contribution in [3.05, 3.63) is 23.4 Å². The van der Waals surface area contributed by atoms with Crippen LogP contribution in [0.15, 0.2) is 12.1 Å². The van der Waals surface area contributed by atoms with Crippen molar-refractivity contribution in [1.29, 1.82) is 0 Å². The van der Waals surface area contributed by atoms with Crippen LogP contribution < -0.4 is 10.6 Å². The third-order valence-corrected chi connectivity index (χ3v) is 2.29. The molecule has 0 spiro atoms. The zero-order valence-corrected chi connectivity index (χ0v) is 9.80. The first kappa shape index (κ1) is 13.0. The number of pyridine rings is 1. The van der Waals surface area contributed by atoms with E-state index in [2.05, 4.69) is 4.98 Å². The van der Waals surface area contributed by atoms with Gasteiger partial charge in [0.15, 0.2) is 0 Å². The summed E-state index contributed by atoms with van der Waals surface area (Å²) in [5.41, 5.74) is 6.17. The summed E-state index contributed by atoms with van der Waals surface area (Å²) < 4.78 is 0. The number of anilines is 1. The predicted molar refractivity (Wildman–Crippen MR) is 63.0 cm³/mol. The van der Waals surface area contributed by atoms with Crippen molar-refractivity contribution in [2.24, 2.45) is 5.73 Å². The number of carbonyl (C=O) groups is 2. The zero-order valence-electron chi connectivity index (χ0n) is 9.80. The molecule has 0 radical (unpaired) electrons. The van der Waals surface area contributed by atoms with Gasteiger partial charge in [0.2, 0.25) is 0 Å². The highest BCUT2D eigenvalue weighted by atomic mass is 16.4. The van der Waals surface area contributed by atoms with E-state index in [0.29, 0.717) is 18.1 Å². The Morgan fingerprint density at radius 3 is 2.59 bits per heavy atom. The van der Waals surface area contributed by atoms with Crippen LogP contribution in [0.3, 0.4) is 0 Å². The molecule has 92 valence electrons. The van der Waals surface area contributed by atoms with Gasteiger partial charge in [0, 0.05) is 12.2 Å². The largest absolute Gasteiger partial charge is 0.480 e. The fourth-order valence-corrected chi connectivity index (χ4v) is 1.48. The van der Waals surface area contributed by atoms with E-state index in [-0.39, 0.29) is 12.1 Å². The number of primary amides is 1. The maximum atomic E-state index is 11.2. The van der Waals surface area contributed by atoms with Gasteiger partial charge in [0.1, 0.15) is 12.4 Å². The topological polar surface area (TPSA) is 96.5 Å². The van der Waals surface area contributed by atoms with Crippen LogP contribution >= 0.6 is 0 Å². The van der Waals surface area contributed by atoms with Crippen LogP contribution in [0.5, 0.6) is 0 Å². The van der Waals surface area contributed by atoms with Crippen LogP contribution in [0.2, 0.25) is 0 Å². The van der Waals surface area contributed by atoms with Crippen LogP contribution in [0, 0.1) is 6.92 Å². The Morgan fingerprint density at radius 1 is 1.47 bits per heavy atom. The molecule has 0 aliphatic heterocycles. The molecule has 6 nitrogen and oxygen atoms in total. The number of carbonyl (C=O) groups excluding carboxylic acids is 1. The van der Waals surface area contributed by atoms with E-state index in [1.54, 1.807) is 26.0 Å². The quantitative estimate of drug-likeness (QED) is 0.772. The highest BCUT2D eigenvalue weighted by molar-refractivity contribution is 5.98. The number of hydrogen-bond acceptors (Lipinski definition) is 4. The van der Waals surface area contributed by atoms with Crippen molar-refractivity contribution in [3.8, 4) is 0 Å². The fraction of sp³-hybridized carbons (Fsp3) is 0.364. The van der Waals surface area contributed by atoms with E-state index in [9.17, 15) is 9.59 Å². The molecule has 0 aliphatic carbocycles. The summed E-state index contributed by atoms with van der Waals surface area (Å²) in [5, 5.41) is 8.79. The molecule has 1 rings (SSSR count). The van der Waals surface area contributed by atoms with Gasteiger partial charge in [-0.25, -0.2) is 4.98 Å². The first-order valence-corrected chi connectivity index (χ1v) is 5.20. The van der Waals surface area contributed by atoms with Gasteiger partial charge < -0.3 is 15.7 Å². The number of aliphatic carboxylic acids is 1. The number of rotatable bonds is 5. The lowest BCUT2D eigenvalue weighted by Crippen LogP contribution is -2.32. The molecule has 1 amide bonds. The second kappa shape index (κ2) is 5.29. The maximum Gasteiger partial charge on any atom is 0.323 e. The fourth-order valence-electron chi connectivity index (χ4n) is 1.48. The molecule has 6 heteroatoms. The Balaban J connectivity index is 3.20. The number of likely N-dealkylation sites (N-methyl/N-ethyl adjacent to an activating group) is 1. The highest BCUT2D eigenvalue weighted by Crippen LogP contribution is 2.17. The van der Waals surface area contributed by atoms with Crippen LogP contribution in [-0.4, -0.2) is 35.1 Å². The number of carboxylic acid groups (broad SMARTS) is 1. The van der Waals surface area contributed by atoms with E-state index in [1.165, 1.54) is 4.90 Å². The van der Waals surface area contributed by atoms with Crippen LogP contribution in [0.25, 0.3) is 0 Å². The highest BCUT2D eigenvalue weighted by Gasteiger charge is 2.17. The Labute approximate surface area is 99.1 Å². The summed E-state index contributed by atoms with van der Waals surface area (Å²) in [6.07, 6.45) is 0. The average Bonchev–Trinajstić information content (AvgIpc) is 2.25. The van der Waals surface area contributed by atoms with Gasteiger partial charge >= 0.3 is 5.97 Å². The summed E-state index contributed by atoms with van der Waals surface area (Å²) in [6, 6.07) is 3.22. The summed E-state index contributed by atoms with van der Waals surface area (Å²) in [4.78, 5) is 27.6. The second-order valence-corrected chi connectivity index (χ2v) is 3.60. The van der Waals surface area contributed by atoms with Gasteiger partial charge in [-0.05, 0) is 26.0 Å². The van der Waals surface area contributed by atoms with Gasteiger partial charge in [0.25, 0.3) is 5.91 Å². The third kappa shape index (κ3) is 3.17. The number of nitrogens with zero attached hydrogens (tertiary/aromatic N) is 2. The molecule has 17 heavy (non-hydrogen) atoms. The van der Waals surface area contributed by atoms with Crippen LogP contribution in [0.4, 0.5) is 5.82 Å². The van der Waals surface area contributed by atoms with E-state index >= 15 is 0 Å². The second-order valence-electron chi connectivity index (χ2n) is 3.60. The van der Waals surface area contributed by atoms with Crippen molar-refractivity contribution in [2.75, 3.05) is 18.0 Å². The first-order chi connectivity index (χ1) is 7.95. The number of aromatic nitrogens is 1. The first-order valence-electron chi connectivity index (χ1n) is 5.20. The van der Waals surface area contributed by atoms with Gasteiger partial charge in [-0.15, -0.1) is 0 Å². The van der Waals surface area contributed by atoms with E-state index < -0.39 is 11.9 Å². The Bertz CT molecular complexity index is 446. The predicted octanol–water partition coefficient (Wildman–Crippen LogP) is 0.400. The number of amides is 1. The smallest absolute Gasteiger partial charge is 0.323 e. The summed E-state index contributed by atoms with van der Waals surface area (Å²) in [5.74, 6) is -1.27. The number of hydrogen-bond donors (Lipinski definition) is 2. The molecule has 0 unspecified atom stereocenters. The van der Waals surface area contributed by atoms with Gasteiger partial charge in [0.05, 0.1) is 5.56 Å². The summed E-state index contributed by atoms with van der Waals surface area (Å²) in [7, 11) is 0. The lowest BCUT2D eigenvalue weighted by Gasteiger charge is -2.21. The maximum absolute atomic E-state index is 11.2. The standard InChI is InChI=1S/C11H15N3O3/c1-3-14(6-9(15)16)11-8(10(12)17)5-4-7(2)13-11/h4-5H,3,6H2,1-2H3,(H2,12,17)(H,15,16). The van der Waals surface area contributed by atoms with E-state index in [0.717, 1.165) is 0 Å². The molecule has 0 atom stereocenters. The SMILES string of the molecule is CCN(CC(=O)O)c1nc(C)ccc1C(N)=O. The van der Waals surface area contributed by atoms with Crippen molar-refractivity contribution in [3.63, 3.8) is 0 Å². The molecule has 1 aromatic heterocycles. The lowest BCUT2D eigenvalue weighted by molar-refractivity contribution is -0.135. The van der Waals surface area contributed by atoms with Crippen molar-refractivity contribution in [2.45, 2.75) is 13.8 Å². The molecule has 0 aliphatic rings. The Kier molecular flexibility index (Phi) is 4.03. The van der Waals surface area contributed by atoms with Gasteiger partial charge in [-0.3, -0.25) is 9.59 Å². The minimum Gasteiger partial charge on any atom is -0.480 e. The van der Waals surface area contributed by atoms with Gasteiger partial charge in [-0.1, -0.05) is 0 Å². The Hall–Kier alpha value is -2.11. The average molecular weight is 237 g/mol. The summed E-state index contributed by atoms with van der Waals surface area (Å²) in [6.45, 7) is 3.77. The van der Waals surface area contributed by atoms with Crippen molar-refractivity contribution in [1.82, 2.24) is 4.98 Å². The molecular weight excluding hydrogens is 222 g/mol. The van der Waals surface area contributed by atoms with Crippen LogP contribution in [0.1, 0.15) is 23.0 Å². The van der Waals surface area contributed by atoms with E-state index in [4.69, 9.17) is 10.8 Å². The molecule has 3 N–H and O–H groups in total. The molecule has 1 heterocycles. The molecular formula is C11H15N3O3. The lowest BCUT2D eigenvalue weighted by atomic mass is 10.2. The number of aryl methyl sites for hydroxylation is 1. The molecule has 0 saturated carbocycles. The number of nitrogens with two attached hydrogens (primary N) is 1. The minimum absolute atomic E-state index is 0.215. The normalized spacial score (nSPS) is 10.0. The van der Waals surface area contributed by atoms with E-state index in [1.807, 2.05) is 0 Å². The molecule has 1 aromatic rings. The minimum atomic E-state index is -0.981. The zero-order chi connectivity index (χ0) is 13.0. The number of carboxylic acids is 1. The molecule has 0 bridgehead atoms. The molecule has 0 fully saturated rings. The van der Waals surface area contributed by atoms with Crippen molar-refractivity contribution >= 4 is 17.7 Å². The Morgan fingerprint density at radius 2 is 2.12 bits per heavy atom. The molecule has 0 saturated heterocycles. The van der Waals surface area contributed by atoms with Gasteiger partial charge in [-0.2, -0.15) is 0 Å². The monoisotopic (exact) mass is 237 g/mol. The third-order valence-electron chi connectivity index (χ3n) is 2.29.